The fourth-order valence-electron chi connectivity index (χ4n) is 4.58. The first-order chi connectivity index (χ1) is 15.1. The van der Waals surface area contributed by atoms with Gasteiger partial charge in [-0.25, -0.2) is 4.98 Å². The number of rotatable bonds is 6. The lowest BCUT2D eigenvalue weighted by Crippen LogP contribution is -2.29. The van der Waals surface area contributed by atoms with Crippen LogP contribution in [0.15, 0.2) is 30.3 Å². The summed E-state index contributed by atoms with van der Waals surface area (Å²) in [7, 11) is 0. The second-order valence-corrected chi connectivity index (χ2v) is 9.86. The van der Waals surface area contributed by atoms with E-state index in [4.69, 9.17) is 5.73 Å². The fraction of sp³-hybridized carbons (Fsp3) is 0.440. The molecule has 5 nitrogen and oxygen atoms in total. The molecule has 0 atom stereocenters. The van der Waals surface area contributed by atoms with Crippen LogP contribution in [0.5, 0.6) is 0 Å². The Kier molecular flexibility index (Phi) is 5.57. The number of hydrogen-bond acceptors (Lipinski definition) is 5. The summed E-state index contributed by atoms with van der Waals surface area (Å²) in [6, 6.07) is 10.8. The van der Waals surface area contributed by atoms with E-state index in [0.717, 1.165) is 22.3 Å². The van der Waals surface area contributed by atoms with Gasteiger partial charge in [0.25, 0.3) is 5.91 Å². The zero-order valence-electron chi connectivity index (χ0n) is 18.1. The summed E-state index contributed by atoms with van der Waals surface area (Å²) in [5.41, 5.74) is 11.9. The molecule has 0 radical (unpaired) electrons. The van der Waals surface area contributed by atoms with Crippen molar-refractivity contribution in [1.82, 2.24) is 10.3 Å². The molecule has 2 aliphatic rings. The third kappa shape index (κ3) is 4.26. The number of amides is 1. The van der Waals surface area contributed by atoms with E-state index in [1.807, 2.05) is 19.1 Å². The number of fused-ring (bicyclic) bond motifs is 1. The normalized spacial score (nSPS) is 16.6. The topological polar surface area (TPSA) is 71.2 Å². The third-order valence-electron chi connectivity index (χ3n) is 6.49. The molecule has 31 heavy (non-hydrogen) atoms. The summed E-state index contributed by atoms with van der Waals surface area (Å²) in [5.74, 6) is 0.596. The summed E-state index contributed by atoms with van der Waals surface area (Å²) < 4.78 is 0. The summed E-state index contributed by atoms with van der Waals surface area (Å²) in [6.45, 7) is 4.90. The number of anilines is 2. The number of nitrogens with two attached hydrogens (primary N) is 1. The highest BCUT2D eigenvalue weighted by Crippen LogP contribution is 2.43. The van der Waals surface area contributed by atoms with Crippen LogP contribution in [0.25, 0.3) is 10.2 Å². The van der Waals surface area contributed by atoms with Gasteiger partial charge >= 0.3 is 0 Å². The van der Waals surface area contributed by atoms with E-state index in [-0.39, 0.29) is 5.91 Å². The van der Waals surface area contributed by atoms with Crippen LogP contribution >= 0.6 is 11.3 Å². The Morgan fingerprint density at radius 2 is 2.00 bits per heavy atom. The van der Waals surface area contributed by atoms with Crippen molar-refractivity contribution in [2.24, 2.45) is 0 Å². The minimum atomic E-state index is -0.101. The van der Waals surface area contributed by atoms with Gasteiger partial charge in [0.2, 0.25) is 0 Å². The maximum atomic E-state index is 12.8. The van der Waals surface area contributed by atoms with Crippen LogP contribution in [-0.4, -0.2) is 30.5 Å². The highest BCUT2D eigenvalue weighted by molar-refractivity contribution is 7.21. The number of piperidine rings is 1. The average molecular weight is 435 g/mol. The molecular weight excluding hydrogens is 404 g/mol. The van der Waals surface area contributed by atoms with Crippen molar-refractivity contribution in [2.75, 3.05) is 30.3 Å². The van der Waals surface area contributed by atoms with Crippen molar-refractivity contribution in [3.8, 4) is 0 Å². The molecule has 1 saturated carbocycles. The lowest BCUT2D eigenvalue weighted by Gasteiger charge is -2.29. The minimum absolute atomic E-state index is 0.101. The number of carbonyl (C=O) groups excluding carboxylic acids is 1. The smallest absolute Gasteiger partial charge is 0.263 e. The first kappa shape index (κ1) is 20.3. The van der Waals surface area contributed by atoms with E-state index < -0.39 is 0 Å². The van der Waals surface area contributed by atoms with Gasteiger partial charge in [0.1, 0.15) is 9.71 Å². The molecule has 5 rings (SSSR count). The first-order valence-corrected chi connectivity index (χ1v) is 12.2. The largest absolute Gasteiger partial charge is 0.397 e. The Labute approximate surface area is 187 Å². The van der Waals surface area contributed by atoms with Gasteiger partial charge < -0.3 is 16.0 Å². The highest BCUT2D eigenvalue weighted by Gasteiger charge is 2.27. The number of thiophene rings is 1. The Morgan fingerprint density at radius 3 is 2.77 bits per heavy atom. The highest BCUT2D eigenvalue weighted by atomic mass is 32.1. The van der Waals surface area contributed by atoms with Crippen molar-refractivity contribution in [1.29, 1.82) is 0 Å². The molecule has 3 heterocycles. The molecule has 0 unspecified atom stereocenters. The van der Waals surface area contributed by atoms with Gasteiger partial charge in [-0.3, -0.25) is 4.79 Å². The van der Waals surface area contributed by atoms with Gasteiger partial charge in [0.15, 0.2) is 0 Å². The Morgan fingerprint density at radius 1 is 1.19 bits per heavy atom. The summed E-state index contributed by atoms with van der Waals surface area (Å²) in [4.78, 5) is 21.2. The van der Waals surface area contributed by atoms with Crippen molar-refractivity contribution in [3.63, 3.8) is 0 Å². The second kappa shape index (κ2) is 8.50. The monoisotopic (exact) mass is 434 g/mol. The van der Waals surface area contributed by atoms with E-state index in [1.54, 1.807) is 0 Å². The predicted octanol–water partition coefficient (Wildman–Crippen LogP) is 5.03. The standard InChI is InChI=1S/C25H30N4OS/c1-16-5-10-20-22(26)23(31-25(20)28-16)24(30)27-12-11-18-8-9-19(15-21(18)17-6-7-17)29-13-3-2-4-14-29/h5,8-10,15,17H,2-4,6-7,11-14,26H2,1H3,(H,27,30). The molecule has 2 fully saturated rings. The van der Waals surface area contributed by atoms with E-state index in [0.29, 0.717) is 23.0 Å². The van der Waals surface area contributed by atoms with Crippen molar-refractivity contribution in [3.05, 3.63) is 52.0 Å². The molecule has 3 N–H and O–H groups in total. The molecule has 1 aromatic carbocycles. The van der Waals surface area contributed by atoms with Crippen molar-refractivity contribution in [2.45, 2.75) is 51.4 Å². The van der Waals surface area contributed by atoms with Crippen LogP contribution < -0.4 is 16.0 Å². The number of nitrogens with one attached hydrogen (secondary N) is 1. The number of carbonyl (C=O) groups is 1. The lowest BCUT2D eigenvalue weighted by atomic mass is 9.98. The van der Waals surface area contributed by atoms with E-state index in [9.17, 15) is 4.79 Å². The number of aryl methyl sites for hydroxylation is 1. The quantitative estimate of drug-likeness (QED) is 0.571. The molecule has 1 aliphatic carbocycles. The fourth-order valence-corrected chi connectivity index (χ4v) is 5.64. The van der Waals surface area contributed by atoms with Gasteiger partial charge in [0, 0.05) is 36.4 Å². The summed E-state index contributed by atoms with van der Waals surface area (Å²) in [5, 5.41) is 3.95. The van der Waals surface area contributed by atoms with Crippen LogP contribution in [0.2, 0.25) is 0 Å². The van der Waals surface area contributed by atoms with E-state index in [2.05, 4.69) is 33.4 Å². The summed E-state index contributed by atoms with van der Waals surface area (Å²) in [6.07, 6.45) is 7.36. The third-order valence-corrected chi connectivity index (χ3v) is 7.60. The van der Waals surface area contributed by atoms with E-state index >= 15 is 0 Å². The van der Waals surface area contributed by atoms with Gasteiger partial charge in [-0.1, -0.05) is 6.07 Å². The van der Waals surface area contributed by atoms with E-state index in [1.165, 1.54) is 73.3 Å². The van der Waals surface area contributed by atoms with Gasteiger partial charge in [-0.15, -0.1) is 11.3 Å². The molecule has 162 valence electrons. The molecule has 6 heteroatoms. The maximum Gasteiger partial charge on any atom is 0.263 e. The molecular formula is C25H30N4OS. The molecule has 1 amide bonds. The van der Waals surface area contributed by atoms with Crippen LogP contribution in [-0.2, 0) is 6.42 Å². The number of pyridine rings is 1. The number of aromatic nitrogens is 1. The Balaban J connectivity index is 1.27. The molecule has 1 saturated heterocycles. The SMILES string of the molecule is Cc1ccc2c(N)c(C(=O)NCCc3ccc(N4CCCCC4)cc3C3CC3)sc2n1. The van der Waals surface area contributed by atoms with Crippen LogP contribution in [0, 0.1) is 6.92 Å². The molecule has 0 spiro atoms. The zero-order chi connectivity index (χ0) is 21.4. The molecule has 2 aromatic heterocycles. The van der Waals surface area contributed by atoms with Crippen molar-refractivity contribution < 1.29 is 4.79 Å². The Hall–Kier alpha value is -2.60. The molecule has 3 aromatic rings. The van der Waals surface area contributed by atoms with Crippen LogP contribution in [0.3, 0.4) is 0 Å². The maximum absolute atomic E-state index is 12.8. The lowest BCUT2D eigenvalue weighted by molar-refractivity contribution is 0.0959. The average Bonchev–Trinajstić information content (AvgIpc) is 3.58. The van der Waals surface area contributed by atoms with Crippen LogP contribution in [0.4, 0.5) is 11.4 Å². The Bertz CT molecular complexity index is 1110. The van der Waals surface area contributed by atoms with Gasteiger partial charge in [-0.05, 0) is 86.8 Å². The number of hydrogen-bond donors (Lipinski definition) is 2. The predicted molar refractivity (Wildman–Crippen MR) is 129 cm³/mol. The molecule has 1 aliphatic heterocycles. The second-order valence-electron chi connectivity index (χ2n) is 8.86. The summed E-state index contributed by atoms with van der Waals surface area (Å²) >= 11 is 1.37. The van der Waals surface area contributed by atoms with Crippen LogP contribution in [0.1, 0.15) is 64.5 Å². The minimum Gasteiger partial charge on any atom is -0.397 e. The molecule has 0 bridgehead atoms. The number of nitrogen functional groups attached to an aromatic ring is 1. The first-order valence-electron chi connectivity index (χ1n) is 11.4. The van der Waals surface area contributed by atoms with Gasteiger partial charge in [0.05, 0.1) is 5.69 Å². The van der Waals surface area contributed by atoms with Crippen molar-refractivity contribution >= 4 is 38.8 Å². The van der Waals surface area contributed by atoms with Gasteiger partial charge in [-0.2, -0.15) is 0 Å². The number of benzene rings is 1. The zero-order valence-corrected chi connectivity index (χ0v) is 18.9. The number of nitrogens with zero attached hydrogens (tertiary/aromatic N) is 2.